The Morgan fingerprint density at radius 1 is 1.05 bits per heavy atom. The maximum absolute atomic E-state index is 14.3. The first-order valence-electron chi connectivity index (χ1n) is 13.9. The van der Waals surface area contributed by atoms with Crippen LogP contribution in [0.2, 0.25) is 0 Å². The monoisotopic (exact) mass is 555 g/mol. The van der Waals surface area contributed by atoms with E-state index in [1.54, 1.807) is 71.2 Å². The van der Waals surface area contributed by atoms with Crippen LogP contribution in [0.3, 0.4) is 0 Å². The maximum atomic E-state index is 14.3. The van der Waals surface area contributed by atoms with Gasteiger partial charge >= 0.3 is 6.09 Å². The number of phenols is 1. The van der Waals surface area contributed by atoms with Gasteiger partial charge in [0, 0.05) is 12.2 Å². The molecule has 3 unspecified atom stereocenters. The molecule has 0 aliphatic heterocycles. The smallest absolute Gasteiger partial charge is 0.408 e. The Balaban J connectivity index is 2.56. The van der Waals surface area contributed by atoms with Crippen LogP contribution in [0, 0.1) is 12.8 Å². The number of carbonyl (C=O) groups is 3. The topological polar surface area (TPSA) is 117 Å². The van der Waals surface area contributed by atoms with Gasteiger partial charge in [0.2, 0.25) is 5.91 Å². The molecule has 0 saturated heterocycles. The van der Waals surface area contributed by atoms with Gasteiger partial charge in [-0.15, -0.1) is 0 Å². The highest BCUT2D eigenvalue weighted by atomic mass is 16.6. The van der Waals surface area contributed by atoms with Crippen LogP contribution < -0.4 is 15.4 Å². The molecule has 2 aromatic rings. The first-order valence-corrected chi connectivity index (χ1v) is 13.9. The minimum absolute atomic E-state index is 0.0913. The van der Waals surface area contributed by atoms with Gasteiger partial charge in [-0.3, -0.25) is 9.59 Å². The van der Waals surface area contributed by atoms with E-state index >= 15 is 0 Å². The van der Waals surface area contributed by atoms with Crippen LogP contribution in [0.5, 0.6) is 11.5 Å². The van der Waals surface area contributed by atoms with Crippen LogP contribution in [0.25, 0.3) is 0 Å². The average Bonchev–Trinajstić information content (AvgIpc) is 2.90. The van der Waals surface area contributed by atoms with E-state index in [2.05, 4.69) is 10.6 Å². The summed E-state index contributed by atoms with van der Waals surface area (Å²) < 4.78 is 10.7. The highest BCUT2D eigenvalue weighted by molar-refractivity contribution is 5.99. The number of phenolic OH excluding ortho intramolecular Hbond substituents is 1. The van der Waals surface area contributed by atoms with Crippen LogP contribution in [0.1, 0.15) is 78.0 Å². The zero-order valence-corrected chi connectivity index (χ0v) is 25.0. The number of unbranched alkanes of at least 4 members (excludes halogenated alkanes) is 1. The zero-order chi connectivity index (χ0) is 30.0. The van der Waals surface area contributed by atoms with E-state index in [0.717, 1.165) is 6.42 Å². The van der Waals surface area contributed by atoms with Crippen LogP contribution in [-0.2, 0) is 14.3 Å². The van der Waals surface area contributed by atoms with E-state index < -0.39 is 29.7 Å². The Hall–Kier alpha value is -3.75. The molecule has 3 atom stereocenters. The van der Waals surface area contributed by atoms with Crippen molar-refractivity contribution in [1.29, 1.82) is 0 Å². The number of nitrogens with zero attached hydrogens (tertiary/aromatic N) is 1. The van der Waals surface area contributed by atoms with Crippen molar-refractivity contribution in [3.63, 3.8) is 0 Å². The Morgan fingerprint density at radius 2 is 1.70 bits per heavy atom. The van der Waals surface area contributed by atoms with Gasteiger partial charge in [-0.1, -0.05) is 39.7 Å². The van der Waals surface area contributed by atoms with E-state index in [1.165, 1.54) is 11.0 Å². The zero-order valence-electron chi connectivity index (χ0n) is 25.0. The van der Waals surface area contributed by atoms with E-state index in [4.69, 9.17) is 9.47 Å². The molecule has 0 heterocycles. The van der Waals surface area contributed by atoms with Crippen molar-refractivity contribution < 1.29 is 29.0 Å². The van der Waals surface area contributed by atoms with Crippen LogP contribution >= 0.6 is 0 Å². The first-order chi connectivity index (χ1) is 18.8. The lowest BCUT2D eigenvalue weighted by Gasteiger charge is -2.36. The second-order valence-electron chi connectivity index (χ2n) is 11.1. The van der Waals surface area contributed by atoms with Crippen LogP contribution in [0.15, 0.2) is 42.5 Å². The number of ether oxygens (including phenoxy) is 2. The molecular formula is C31H45N3O6. The molecule has 0 fully saturated rings. The van der Waals surface area contributed by atoms with Crippen molar-refractivity contribution in [3.8, 4) is 11.5 Å². The lowest BCUT2D eigenvalue weighted by Crippen LogP contribution is -2.55. The largest absolute Gasteiger partial charge is 0.508 e. The molecule has 40 heavy (non-hydrogen) atoms. The van der Waals surface area contributed by atoms with Crippen LogP contribution in [0.4, 0.5) is 10.5 Å². The number of alkyl carbamates (subject to hydrolysis) is 1. The molecular weight excluding hydrogens is 510 g/mol. The second kappa shape index (κ2) is 14.6. The normalized spacial score (nSPS) is 13.5. The van der Waals surface area contributed by atoms with Crippen molar-refractivity contribution in [3.05, 3.63) is 53.6 Å². The summed E-state index contributed by atoms with van der Waals surface area (Å²) in [6.45, 7) is 13.1. The molecule has 0 spiro atoms. The van der Waals surface area contributed by atoms with Gasteiger partial charge in [0.1, 0.15) is 29.2 Å². The summed E-state index contributed by atoms with van der Waals surface area (Å²) in [5.74, 6) is -0.285. The minimum atomic E-state index is -1.02. The molecule has 2 aromatic carbocycles. The predicted octanol–water partition coefficient (Wildman–Crippen LogP) is 5.96. The number of amides is 3. The molecule has 0 aromatic heterocycles. The highest BCUT2D eigenvalue weighted by Gasteiger charge is 2.38. The van der Waals surface area contributed by atoms with Gasteiger partial charge in [-0.25, -0.2) is 4.79 Å². The molecule has 9 heteroatoms. The van der Waals surface area contributed by atoms with Crippen molar-refractivity contribution in [1.82, 2.24) is 10.2 Å². The van der Waals surface area contributed by atoms with Crippen molar-refractivity contribution in [2.45, 2.75) is 85.4 Å². The third-order valence-corrected chi connectivity index (χ3v) is 6.64. The van der Waals surface area contributed by atoms with E-state index in [9.17, 15) is 19.5 Å². The van der Waals surface area contributed by atoms with Gasteiger partial charge in [-0.05, 0) is 87.6 Å². The predicted molar refractivity (Wildman–Crippen MR) is 156 cm³/mol. The fourth-order valence-corrected chi connectivity index (χ4v) is 4.20. The van der Waals surface area contributed by atoms with E-state index in [-0.39, 0.29) is 17.6 Å². The Labute approximate surface area is 238 Å². The molecule has 3 N–H and O–H groups in total. The number of nitrogens with one attached hydrogen (secondary N) is 2. The van der Waals surface area contributed by atoms with Gasteiger partial charge in [0.25, 0.3) is 5.91 Å². The fraction of sp³-hybridized carbons (Fsp3) is 0.516. The molecule has 0 saturated carbocycles. The Bertz CT molecular complexity index is 1140. The van der Waals surface area contributed by atoms with E-state index in [0.29, 0.717) is 42.0 Å². The first kappa shape index (κ1) is 32.5. The van der Waals surface area contributed by atoms with Crippen molar-refractivity contribution in [2.24, 2.45) is 5.92 Å². The Kier molecular flexibility index (Phi) is 11.8. The number of aryl methyl sites for hydroxylation is 1. The molecule has 9 nitrogen and oxygen atoms in total. The molecule has 220 valence electrons. The summed E-state index contributed by atoms with van der Waals surface area (Å²) in [5, 5.41) is 15.9. The number of benzene rings is 2. The SMILES string of the molecule is CCCCN(C(=O)C(NC(=O)OC(C)(C)C)C(C)CC)C(C(=O)Nc1ccc(OC)cc1)c1ccc(O)c(C)c1. The lowest BCUT2D eigenvalue weighted by atomic mass is 9.95. The van der Waals surface area contributed by atoms with Crippen molar-refractivity contribution in [2.75, 3.05) is 19.0 Å². The van der Waals surface area contributed by atoms with Crippen LogP contribution in [-0.4, -0.2) is 53.2 Å². The second-order valence-corrected chi connectivity index (χ2v) is 11.1. The molecule has 0 aliphatic carbocycles. The molecule has 0 bridgehead atoms. The minimum Gasteiger partial charge on any atom is -0.508 e. The summed E-state index contributed by atoms with van der Waals surface area (Å²) >= 11 is 0. The number of hydrogen-bond donors (Lipinski definition) is 3. The van der Waals surface area contributed by atoms with Gasteiger partial charge in [-0.2, -0.15) is 0 Å². The van der Waals surface area contributed by atoms with Crippen molar-refractivity contribution >= 4 is 23.6 Å². The number of carbonyl (C=O) groups excluding carboxylic acids is 3. The number of methoxy groups -OCH3 is 1. The third kappa shape index (κ3) is 9.17. The quantitative estimate of drug-likeness (QED) is 0.298. The molecule has 2 rings (SSSR count). The van der Waals surface area contributed by atoms with Gasteiger partial charge in [0.05, 0.1) is 7.11 Å². The molecule has 3 amide bonds. The number of rotatable bonds is 12. The summed E-state index contributed by atoms with van der Waals surface area (Å²) in [4.78, 5) is 42.5. The lowest BCUT2D eigenvalue weighted by molar-refractivity contribution is -0.142. The summed E-state index contributed by atoms with van der Waals surface area (Å²) in [5.41, 5.74) is 0.929. The number of aromatic hydroxyl groups is 1. The Morgan fingerprint density at radius 3 is 2.23 bits per heavy atom. The number of anilines is 1. The maximum Gasteiger partial charge on any atom is 0.408 e. The highest BCUT2D eigenvalue weighted by Crippen LogP contribution is 2.30. The number of hydrogen-bond acceptors (Lipinski definition) is 6. The summed E-state index contributed by atoms with van der Waals surface area (Å²) in [7, 11) is 1.56. The molecule has 0 radical (unpaired) electrons. The average molecular weight is 556 g/mol. The molecule has 0 aliphatic rings. The third-order valence-electron chi connectivity index (χ3n) is 6.64. The van der Waals surface area contributed by atoms with Gasteiger partial charge in [0.15, 0.2) is 0 Å². The van der Waals surface area contributed by atoms with Gasteiger partial charge < -0.3 is 30.1 Å². The summed E-state index contributed by atoms with van der Waals surface area (Å²) in [6, 6.07) is 9.86. The van der Waals surface area contributed by atoms with E-state index in [1.807, 2.05) is 20.8 Å². The standard InChI is InChI=1S/C31H45N3O6/c1-9-11-18-34(29(37)26(20(3)10-2)33-30(38)40-31(5,6)7)27(22-12-17-25(35)21(4)19-22)28(36)32-23-13-15-24(39-8)16-14-23/h12-17,19-20,26-27,35H,9-11,18H2,1-8H3,(H,32,36)(H,33,38). The summed E-state index contributed by atoms with van der Waals surface area (Å²) in [6.07, 6.45) is 1.36. The fourth-order valence-electron chi connectivity index (χ4n) is 4.20.